The quantitative estimate of drug-likeness (QED) is 0.672. The number of hydrogen-bond acceptors (Lipinski definition) is 3. The van der Waals surface area contributed by atoms with E-state index in [1.54, 1.807) is 4.90 Å². The van der Waals surface area contributed by atoms with E-state index in [-0.39, 0.29) is 23.9 Å². The van der Waals surface area contributed by atoms with Gasteiger partial charge in [-0.15, -0.1) is 0 Å². The molecular weight excluding hydrogens is 388 g/mol. The van der Waals surface area contributed by atoms with Crippen LogP contribution in [0.5, 0.6) is 0 Å². The standard InChI is InChI=1S/C25H34N4O2/c1-3-28(4-2)23(20-12-7-5-8-13-20)18-26-24(30)21-14-11-17-29(19-21)25(31)27-22-15-9-6-10-16-22/h5-10,12-13,15-16,21,23H,3-4,11,14,17-19H2,1-2H3,(H,26,30)(H,27,31)/t21-,23-/m0/s1. The van der Waals surface area contributed by atoms with E-state index in [0.29, 0.717) is 19.6 Å². The van der Waals surface area contributed by atoms with E-state index in [2.05, 4.69) is 41.5 Å². The number of anilines is 1. The maximum atomic E-state index is 13.0. The number of rotatable bonds is 8. The van der Waals surface area contributed by atoms with Crippen molar-refractivity contribution in [1.82, 2.24) is 15.1 Å². The number of benzene rings is 2. The first-order chi connectivity index (χ1) is 15.1. The van der Waals surface area contributed by atoms with Gasteiger partial charge in [0.25, 0.3) is 0 Å². The van der Waals surface area contributed by atoms with Gasteiger partial charge in [-0.25, -0.2) is 4.79 Å². The number of carbonyl (C=O) groups excluding carboxylic acids is 2. The van der Waals surface area contributed by atoms with Crippen molar-refractivity contribution < 1.29 is 9.59 Å². The molecule has 2 aromatic carbocycles. The molecule has 2 atom stereocenters. The summed E-state index contributed by atoms with van der Waals surface area (Å²) < 4.78 is 0. The molecule has 2 N–H and O–H groups in total. The number of para-hydroxylation sites is 1. The smallest absolute Gasteiger partial charge is 0.321 e. The Morgan fingerprint density at radius 1 is 1.03 bits per heavy atom. The van der Waals surface area contributed by atoms with Crippen molar-refractivity contribution in [2.45, 2.75) is 32.7 Å². The van der Waals surface area contributed by atoms with Gasteiger partial charge in [-0.1, -0.05) is 62.4 Å². The summed E-state index contributed by atoms with van der Waals surface area (Å²) in [7, 11) is 0. The maximum absolute atomic E-state index is 13.0. The number of carbonyl (C=O) groups is 2. The molecule has 166 valence electrons. The first kappa shape index (κ1) is 22.8. The number of likely N-dealkylation sites (tertiary alicyclic amines) is 1. The SMILES string of the molecule is CCN(CC)[C@@H](CNC(=O)[C@H]1CCCN(C(=O)Nc2ccccc2)C1)c1ccccc1. The lowest BCUT2D eigenvalue weighted by molar-refractivity contribution is -0.126. The van der Waals surface area contributed by atoms with Gasteiger partial charge in [-0.05, 0) is 43.6 Å². The molecular formula is C25H34N4O2. The summed E-state index contributed by atoms with van der Waals surface area (Å²) in [5.41, 5.74) is 1.98. The Bertz CT molecular complexity index is 824. The molecule has 3 rings (SSSR count). The second-order valence-corrected chi connectivity index (χ2v) is 7.97. The van der Waals surface area contributed by atoms with E-state index in [9.17, 15) is 9.59 Å². The monoisotopic (exact) mass is 422 g/mol. The number of likely N-dealkylation sites (N-methyl/N-ethyl adjacent to an activating group) is 1. The Morgan fingerprint density at radius 3 is 2.32 bits per heavy atom. The molecule has 1 fully saturated rings. The normalized spacial score (nSPS) is 17.3. The van der Waals surface area contributed by atoms with Crippen molar-refractivity contribution in [3.05, 3.63) is 66.2 Å². The fourth-order valence-corrected chi connectivity index (χ4v) is 4.24. The Balaban J connectivity index is 1.58. The Kier molecular flexibility index (Phi) is 8.47. The van der Waals surface area contributed by atoms with Crippen molar-refractivity contribution >= 4 is 17.6 Å². The van der Waals surface area contributed by atoms with Crippen LogP contribution >= 0.6 is 0 Å². The van der Waals surface area contributed by atoms with E-state index in [1.165, 1.54) is 5.56 Å². The zero-order chi connectivity index (χ0) is 22.1. The molecule has 0 bridgehead atoms. The van der Waals surface area contributed by atoms with E-state index < -0.39 is 0 Å². The van der Waals surface area contributed by atoms with Gasteiger partial charge in [0.05, 0.1) is 12.0 Å². The Hall–Kier alpha value is -2.86. The fraction of sp³-hybridized carbons (Fsp3) is 0.440. The van der Waals surface area contributed by atoms with Crippen LogP contribution in [0.4, 0.5) is 10.5 Å². The molecule has 31 heavy (non-hydrogen) atoms. The topological polar surface area (TPSA) is 64.7 Å². The maximum Gasteiger partial charge on any atom is 0.321 e. The molecule has 0 unspecified atom stereocenters. The number of nitrogens with zero attached hydrogens (tertiary/aromatic N) is 2. The predicted octanol–water partition coefficient (Wildman–Crippen LogP) is 4.13. The van der Waals surface area contributed by atoms with E-state index >= 15 is 0 Å². The van der Waals surface area contributed by atoms with Crippen LogP contribution in [0.1, 0.15) is 38.3 Å². The fourth-order valence-electron chi connectivity index (χ4n) is 4.24. The van der Waals surface area contributed by atoms with Crippen LogP contribution in [0, 0.1) is 5.92 Å². The minimum Gasteiger partial charge on any atom is -0.354 e. The number of hydrogen-bond donors (Lipinski definition) is 2. The third-order valence-electron chi connectivity index (χ3n) is 6.01. The second kappa shape index (κ2) is 11.5. The molecule has 0 spiro atoms. The Morgan fingerprint density at radius 2 is 1.68 bits per heavy atom. The molecule has 6 heteroatoms. The molecule has 0 saturated carbocycles. The van der Waals surface area contributed by atoms with Crippen LogP contribution in [0.15, 0.2) is 60.7 Å². The number of urea groups is 1. The highest BCUT2D eigenvalue weighted by Gasteiger charge is 2.29. The molecule has 1 aliphatic heterocycles. The summed E-state index contributed by atoms with van der Waals surface area (Å²) in [4.78, 5) is 29.7. The van der Waals surface area contributed by atoms with Crippen LogP contribution < -0.4 is 10.6 Å². The van der Waals surface area contributed by atoms with Crippen molar-refractivity contribution in [2.75, 3.05) is 38.0 Å². The van der Waals surface area contributed by atoms with Gasteiger partial charge in [-0.3, -0.25) is 9.69 Å². The van der Waals surface area contributed by atoms with Crippen molar-refractivity contribution in [2.24, 2.45) is 5.92 Å². The van der Waals surface area contributed by atoms with Gasteiger partial charge in [-0.2, -0.15) is 0 Å². The minimum atomic E-state index is -0.177. The highest BCUT2D eigenvalue weighted by molar-refractivity contribution is 5.90. The summed E-state index contributed by atoms with van der Waals surface area (Å²) in [5, 5.41) is 6.09. The van der Waals surface area contributed by atoms with Crippen LogP contribution in [-0.4, -0.2) is 54.5 Å². The Labute approximate surface area is 185 Å². The first-order valence-electron chi connectivity index (χ1n) is 11.3. The number of amides is 3. The number of nitrogens with one attached hydrogen (secondary N) is 2. The average molecular weight is 423 g/mol. The van der Waals surface area contributed by atoms with Gasteiger partial charge in [0.1, 0.15) is 0 Å². The van der Waals surface area contributed by atoms with Crippen LogP contribution in [0.2, 0.25) is 0 Å². The third kappa shape index (κ3) is 6.31. The molecule has 2 aromatic rings. The first-order valence-corrected chi connectivity index (χ1v) is 11.3. The molecule has 1 saturated heterocycles. The van der Waals surface area contributed by atoms with E-state index in [4.69, 9.17) is 0 Å². The molecule has 0 aromatic heterocycles. The number of piperidine rings is 1. The van der Waals surface area contributed by atoms with Crippen molar-refractivity contribution in [1.29, 1.82) is 0 Å². The van der Waals surface area contributed by atoms with Gasteiger partial charge >= 0.3 is 6.03 Å². The van der Waals surface area contributed by atoms with Crippen LogP contribution in [0.25, 0.3) is 0 Å². The van der Waals surface area contributed by atoms with Gasteiger partial charge < -0.3 is 15.5 Å². The van der Waals surface area contributed by atoms with E-state index in [1.807, 2.05) is 48.5 Å². The summed E-state index contributed by atoms with van der Waals surface area (Å²) in [6, 6.07) is 19.7. The lowest BCUT2D eigenvalue weighted by Gasteiger charge is -2.34. The van der Waals surface area contributed by atoms with Crippen LogP contribution in [0.3, 0.4) is 0 Å². The van der Waals surface area contributed by atoms with Crippen molar-refractivity contribution in [3.8, 4) is 0 Å². The largest absolute Gasteiger partial charge is 0.354 e. The summed E-state index contributed by atoms with van der Waals surface area (Å²) in [5.74, 6) is -0.145. The molecule has 1 aliphatic rings. The van der Waals surface area contributed by atoms with Gasteiger partial charge in [0.15, 0.2) is 0 Å². The van der Waals surface area contributed by atoms with E-state index in [0.717, 1.165) is 31.6 Å². The molecule has 0 aliphatic carbocycles. The molecule has 3 amide bonds. The predicted molar refractivity (Wildman–Crippen MR) is 125 cm³/mol. The lowest BCUT2D eigenvalue weighted by Crippen LogP contribution is -2.48. The van der Waals surface area contributed by atoms with Gasteiger partial charge in [0.2, 0.25) is 5.91 Å². The third-order valence-corrected chi connectivity index (χ3v) is 6.01. The summed E-state index contributed by atoms with van der Waals surface area (Å²) in [6.07, 6.45) is 1.64. The lowest BCUT2D eigenvalue weighted by atomic mass is 9.97. The summed E-state index contributed by atoms with van der Waals surface area (Å²) in [6.45, 7) is 7.82. The zero-order valence-electron chi connectivity index (χ0n) is 18.6. The molecule has 6 nitrogen and oxygen atoms in total. The average Bonchev–Trinajstić information content (AvgIpc) is 2.83. The zero-order valence-corrected chi connectivity index (χ0v) is 18.6. The summed E-state index contributed by atoms with van der Waals surface area (Å²) >= 11 is 0. The molecule has 0 radical (unpaired) electrons. The highest BCUT2D eigenvalue weighted by Crippen LogP contribution is 2.21. The van der Waals surface area contributed by atoms with Gasteiger partial charge in [0, 0.05) is 25.3 Å². The second-order valence-electron chi connectivity index (χ2n) is 7.97. The highest BCUT2D eigenvalue weighted by atomic mass is 16.2. The minimum absolute atomic E-state index is 0.0327. The van der Waals surface area contributed by atoms with Crippen LogP contribution in [-0.2, 0) is 4.79 Å². The van der Waals surface area contributed by atoms with Crippen molar-refractivity contribution in [3.63, 3.8) is 0 Å². The molecule has 1 heterocycles.